The summed E-state index contributed by atoms with van der Waals surface area (Å²) in [6.45, 7) is 7.95. The summed E-state index contributed by atoms with van der Waals surface area (Å²) in [4.78, 5) is 2.69. The molecule has 0 spiro atoms. The van der Waals surface area contributed by atoms with Crippen molar-refractivity contribution in [3.8, 4) is 0 Å². The van der Waals surface area contributed by atoms with Gasteiger partial charge in [0.1, 0.15) is 0 Å². The van der Waals surface area contributed by atoms with Crippen molar-refractivity contribution in [2.75, 3.05) is 13.1 Å². The van der Waals surface area contributed by atoms with Gasteiger partial charge in [-0.15, -0.1) is 0 Å². The molecule has 3 rings (SSSR count). The van der Waals surface area contributed by atoms with Gasteiger partial charge >= 0.3 is 0 Å². The number of piperazine rings is 1. The third-order valence-corrected chi connectivity index (χ3v) is 4.91. The van der Waals surface area contributed by atoms with Gasteiger partial charge in [-0.3, -0.25) is 4.90 Å². The predicted octanol–water partition coefficient (Wildman–Crippen LogP) is 4.12. The zero-order valence-corrected chi connectivity index (χ0v) is 15.0. The molecule has 0 radical (unpaired) electrons. The van der Waals surface area contributed by atoms with Crippen LogP contribution in [0.25, 0.3) is 0 Å². The van der Waals surface area contributed by atoms with Crippen LogP contribution in [-0.4, -0.2) is 30.1 Å². The van der Waals surface area contributed by atoms with Crippen molar-refractivity contribution in [2.24, 2.45) is 5.92 Å². The summed E-state index contributed by atoms with van der Waals surface area (Å²) in [6, 6.07) is 22.9. The molecule has 2 heteroatoms. The Kier molecular flexibility index (Phi) is 6.06. The highest BCUT2D eigenvalue weighted by Crippen LogP contribution is 2.20. The van der Waals surface area contributed by atoms with E-state index in [0.29, 0.717) is 12.1 Å². The lowest BCUT2D eigenvalue weighted by molar-refractivity contribution is 0.106. The SMILES string of the molecule is CC(C)CC1CNC(Cc2ccccc2)CN1Cc1ccccc1. The van der Waals surface area contributed by atoms with Crippen LogP contribution in [0.1, 0.15) is 31.4 Å². The molecule has 128 valence electrons. The Labute approximate surface area is 146 Å². The fourth-order valence-electron chi connectivity index (χ4n) is 3.75. The summed E-state index contributed by atoms with van der Waals surface area (Å²) in [5.74, 6) is 0.737. The van der Waals surface area contributed by atoms with Crippen LogP contribution >= 0.6 is 0 Å². The van der Waals surface area contributed by atoms with Gasteiger partial charge in [-0.1, -0.05) is 74.5 Å². The minimum Gasteiger partial charge on any atom is -0.311 e. The van der Waals surface area contributed by atoms with Gasteiger partial charge in [0.15, 0.2) is 0 Å². The van der Waals surface area contributed by atoms with Crippen LogP contribution in [0.3, 0.4) is 0 Å². The fourth-order valence-corrected chi connectivity index (χ4v) is 3.75. The van der Waals surface area contributed by atoms with Crippen molar-refractivity contribution < 1.29 is 0 Å². The van der Waals surface area contributed by atoms with Crippen LogP contribution in [0.15, 0.2) is 60.7 Å². The molecule has 1 fully saturated rings. The number of benzene rings is 2. The fraction of sp³-hybridized carbons (Fsp3) is 0.455. The van der Waals surface area contributed by atoms with E-state index in [-0.39, 0.29) is 0 Å². The third kappa shape index (κ3) is 4.93. The first kappa shape index (κ1) is 17.2. The number of nitrogens with one attached hydrogen (secondary N) is 1. The molecular formula is C22H30N2. The van der Waals surface area contributed by atoms with Crippen molar-refractivity contribution in [3.63, 3.8) is 0 Å². The van der Waals surface area contributed by atoms with Crippen molar-refractivity contribution in [1.82, 2.24) is 10.2 Å². The van der Waals surface area contributed by atoms with Gasteiger partial charge in [-0.2, -0.15) is 0 Å². The number of nitrogens with zero attached hydrogens (tertiary/aromatic N) is 1. The van der Waals surface area contributed by atoms with E-state index in [2.05, 4.69) is 84.7 Å². The van der Waals surface area contributed by atoms with Crippen molar-refractivity contribution in [3.05, 3.63) is 71.8 Å². The van der Waals surface area contributed by atoms with E-state index in [1.165, 1.54) is 17.5 Å². The highest BCUT2D eigenvalue weighted by Gasteiger charge is 2.28. The molecule has 2 aromatic carbocycles. The quantitative estimate of drug-likeness (QED) is 0.861. The molecule has 2 aromatic rings. The van der Waals surface area contributed by atoms with Crippen LogP contribution in [0.4, 0.5) is 0 Å². The van der Waals surface area contributed by atoms with Gasteiger partial charge in [0.2, 0.25) is 0 Å². The van der Waals surface area contributed by atoms with Crippen molar-refractivity contribution in [2.45, 2.75) is 45.3 Å². The normalized spacial score (nSPS) is 22.0. The number of hydrogen-bond donors (Lipinski definition) is 1. The maximum atomic E-state index is 3.80. The molecule has 2 atom stereocenters. The summed E-state index contributed by atoms with van der Waals surface area (Å²) in [6.07, 6.45) is 2.37. The van der Waals surface area contributed by atoms with Gasteiger partial charge in [-0.25, -0.2) is 0 Å². The average molecular weight is 322 g/mol. The molecule has 0 amide bonds. The molecule has 0 saturated carbocycles. The maximum Gasteiger partial charge on any atom is 0.0237 e. The topological polar surface area (TPSA) is 15.3 Å². The first-order valence-corrected chi connectivity index (χ1v) is 9.26. The highest BCUT2D eigenvalue weighted by atomic mass is 15.2. The summed E-state index contributed by atoms with van der Waals surface area (Å²) < 4.78 is 0. The second-order valence-electron chi connectivity index (χ2n) is 7.49. The third-order valence-electron chi connectivity index (χ3n) is 4.91. The van der Waals surface area contributed by atoms with E-state index in [9.17, 15) is 0 Å². The first-order chi connectivity index (χ1) is 11.7. The number of hydrogen-bond acceptors (Lipinski definition) is 2. The molecule has 1 aliphatic rings. The lowest BCUT2D eigenvalue weighted by Crippen LogP contribution is -2.57. The Morgan fingerprint density at radius 3 is 2.21 bits per heavy atom. The van der Waals surface area contributed by atoms with Gasteiger partial charge in [0.25, 0.3) is 0 Å². The van der Waals surface area contributed by atoms with E-state index >= 15 is 0 Å². The molecule has 0 aromatic heterocycles. The lowest BCUT2D eigenvalue weighted by atomic mass is 9.96. The second kappa shape index (κ2) is 8.46. The molecule has 0 aliphatic carbocycles. The van der Waals surface area contributed by atoms with Gasteiger partial charge < -0.3 is 5.32 Å². The zero-order valence-electron chi connectivity index (χ0n) is 15.0. The lowest BCUT2D eigenvalue weighted by Gasteiger charge is -2.41. The molecule has 1 saturated heterocycles. The summed E-state index contributed by atoms with van der Waals surface area (Å²) >= 11 is 0. The molecule has 24 heavy (non-hydrogen) atoms. The van der Waals surface area contributed by atoms with Gasteiger partial charge in [-0.05, 0) is 29.9 Å². The Morgan fingerprint density at radius 2 is 1.58 bits per heavy atom. The van der Waals surface area contributed by atoms with E-state index in [4.69, 9.17) is 0 Å². The Hall–Kier alpha value is -1.64. The van der Waals surface area contributed by atoms with Crippen LogP contribution in [0.5, 0.6) is 0 Å². The Morgan fingerprint density at radius 1 is 0.958 bits per heavy atom. The van der Waals surface area contributed by atoms with Crippen LogP contribution < -0.4 is 5.32 Å². The Bertz CT molecular complexity index is 594. The summed E-state index contributed by atoms with van der Waals surface area (Å²) in [5, 5.41) is 3.80. The van der Waals surface area contributed by atoms with Crippen molar-refractivity contribution >= 4 is 0 Å². The smallest absolute Gasteiger partial charge is 0.0237 e. The van der Waals surface area contributed by atoms with Gasteiger partial charge in [0.05, 0.1) is 0 Å². The highest BCUT2D eigenvalue weighted by molar-refractivity contribution is 5.17. The largest absolute Gasteiger partial charge is 0.311 e. The average Bonchev–Trinajstić information content (AvgIpc) is 2.59. The molecule has 1 heterocycles. The molecule has 1 N–H and O–H groups in total. The molecule has 1 aliphatic heterocycles. The monoisotopic (exact) mass is 322 g/mol. The van der Waals surface area contributed by atoms with E-state index < -0.39 is 0 Å². The van der Waals surface area contributed by atoms with Gasteiger partial charge in [0, 0.05) is 31.7 Å². The van der Waals surface area contributed by atoms with Crippen molar-refractivity contribution in [1.29, 1.82) is 0 Å². The predicted molar refractivity (Wildman–Crippen MR) is 102 cm³/mol. The molecular weight excluding hydrogens is 292 g/mol. The standard InChI is InChI=1S/C22H30N2/c1-18(2)13-22-15-23-21(14-19-9-5-3-6-10-19)17-24(22)16-20-11-7-4-8-12-20/h3-12,18,21-23H,13-17H2,1-2H3. The Balaban J connectivity index is 1.67. The van der Waals surface area contributed by atoms with E-state index in [1.54, 1.807) is 0 Å². The first-order valence-electron chi connectivity index (χ1n) is 9.26. The van der Waals surface area contributed by atoms with Crippen LogP contribution in [0.2, 0.25) is 0 Å². The van der Waals surface area contributed by atoms with Crippen LogP contribution in [0, 0.1) is 5.92 Å². The number of rotatable bonds is 6. The maximum absolute atomic E-state index is 3.80. The molecule has 0 bridgehead atoms. The minimum absolute atomic E-state index is 0.541. The summed E-state index contributed by atoms with van der Waals surface area (Å²) in [5.41, 5.74) is 2.85. The van der Waals surface area contributed by atoms with E-state index in [0.717, 1.165) is 32.0 Å². The second-order valence-corrected chi connectivity index (χ2v) is 7.49. The molecule has 2 unspecified atom stereocenters. The molecule has 2 nitrogen and oxygen atoms in total. The summed E-state index contributed by atoms with van der Waals surface area (Å²) in [7, 11) is 0. The minimum atomic E-state index is 0.541. The van der Waals surface area contributed by atoms with Crippen LogP contribution in [-0.2, 0) is 13.0 Å². The van der Waals surface area contributed by atoms with E-state index in [1.807, 2.05) is 0 Å². The zero-order chi connectivity index (χ0) is 16.8.